The first-order valence-corrected chi connectivity index (χ1v) is 11.7. The average Bonchev–Trinajstić information content (AvgIpc) is 2.78. The first-order valence-electron chi connectivity index (χ1n) is 11.7. The molecule has 0 saturated carbocycles. The zero-order valence-corrected chi connectivity index (χ0v) is 20.5. The van der Waals surface area contributed by atoms with Crippen LogP contribution in [0, 0.1) is 0 Å². The van der Waals surface area contributed by atoms with Crippen LogP contribution >= 0.6 is 0 Å². The van der Waals surface area contributed by atoms with Crippen LogP contribution in [0.2, 0.25) is 0 Å². The Morgan fingerprint density at radius 3 is 2.57 bits per heavy atom. The van der Waals surface area contributed by atoms with Gasteiger partial charge in [0.15, 0.2) is 0 Å². The summed E-state index contributed by atoms with van der Waals surface area (Å²) < 4.78 is 10.6. The number of ether oxygens (including phenoxy) is 1. The number of carbonyl (C=O) groups excluding carboxylic acids is 2. The number of amides is 2. The van der Waals surface area contributed by atoms with Crippen LogP contribution in [0.15, 0.2) is 57.7 Å². The van der Waals surface area contributed by atoms with Crippen LogP contribution in [0.5, 0.6) is 5.75 Å². The Labute approximate surface area is 204 Å². The third kappa shape index (κ3) is 6.85. The molecule has 8 heteroatoms. The van der Waals surface area contributed by atoms with Gasteiger partial charge in [0.2, 0.25) is 5.91 Å². The number of fused-ring (bicyclic) bond motifs is 1. The molecule has 3 rings (SSSR count). The summed E-state index contributed by atoms with van der Waals surface area (Å²) in [6.07, 6.45) is 0.697. The molecule has 0 radical (unpaired) electrons. The van der Waals surface area contributed by atoms with Crippen molar-refractivity contribution in [2.45, 2.75) is 58.5 Å². The largest absolute Gasteiger partial charge is 0.507 e. The summed E-state index contributed by atoms with van der Waals surface area (Å²) in [5, 5.41) is 16.8. The van der Waals surface area contributed by atoms with E-state index in [4.69, 9.17) is 9.15 Å². The first kappa shape index (κ1) is 25.8. The predicted octanol–water partition coefficient (Wildman–Crippen LogP) is 5.28. The van der Waals surface area contributed by atoms with E-state index < -0.39 is 23.2 Å². The molecular weight excluding hydrogens is 448 g/mol. The molecule has 1 atom stereocenters. The second-order valence-electron chi connectivity index (χ2n) is 9.31. The van der Waals surface area contributed by atoms with Crippen molar-refractivity contribution in [3.05, 3.63) is 70.1 Å². The number of alkyl carbamates (subject to hydrolysis) is 1. The molecule has 8 nitrogen and oxygen atoms in total. The number of hydrogen-bond acceptors (Lipinski definition) is 6. The van der Waals surface area contributed by atoms with Gasteiger partial charge >= 0.3 is 11.7 Å². The van der Waals surface area contributed by atoms with Gasteiger partial charge in [-0.2, -0.15) is 0 Å². The standard InChI is InChI=1S/C27H32N2O6/c1-5-19(23-24(31)20-12-6-7-13-21(20)34-25(23)32)17-10-8-11-18(16-17)29-22(30)14-9-15-28-26(33)35-27(2,3)4/h6-8,10-13,16,19,31H,5,9,14-15H2,1-4H3,(H,28,33)(H,29,30). The zero-order valence-electron chi connectivity index (χ0n) is 20.5. The number of nitrogens with one attached hydrogen (secondary N) is 2. The van der Waals surface area contributed by atoms with E-state index in [1.54, 1.807) is 63.2 Å². The normalized spacial score (nSPS) is 12.2. The van der Waals surface area contributed by atoms with Crippen molar-refractivity contribution in [2.24, 2.45) is 0 Å². The van der Waals surface area contributed by atoms with Crippen molar-refractivity contribution in [1.29, 1.82) is 0 Å². The van der Waals surface area contributed by atoms with Gasteiger partial charge in [-0.15, -0.1) is 0 Å². The zero-order chi connectivity index (χ0) is 25.6. The smallest absolute Gasteiger partial charge is 0.407 e. The number of carbonyl (C=O) groups is 2. The van der Waals surface area contributed by atoms with Crippen molar-refractivity contribution in [2.75, 3.05) is 11.9 Å². The summed E-state index contributed by atoms with van der Waals surface area (Å²) >= 11 is 0. The van der Waals surface area contributed by atoms with Gasteiger partial charge in [-0.1, -0.05) is 31.2 Å². The van der Waals surface area contributed by atoms with Crippen molar-refractivity contribution >= 4 is 28.7 Å². The maximum absolute atomic E-state index is 12.7. The molecule has 1 heterocycles. The van der Waals surface area contributed by atoms with Crippen LogP contribution in [-0.2, 0) is 9.53 Å². The van der Waals surface area contributed by atoms with Gasteiger partial charge < -0.3 is 24.9 Å². The lowest BCUT2D eigenvalue weighted by atomic mass is 9.88. The molecule has 3 N–H and O–H groups in total. The van der Waals surface area contributed by atoms with E-state index in [2.05, 4.69) is 10.6 Å². The third-order valence-electron chi connectivity index (χ3n) is 5.40. The lowest BCUT2D eigenvalue weighted by molar-refractivity contribution is -0.116. The Balaban J connectivity index is 1.67. The summed E-state index contributed by atoms with van der Waals surface area (Å²) in [5.74, 6) is -0.699. The SMILES string of the molecule is CCC(c1cccc(NC(=O)CCCNC(=O)OC(C)(C)C)c1)c1c(O)c2ccccc2oc1=O. The van der Waals surface area contributed by atoms with E-state index in [1.807, 2.05) is 13.0 Å². The number of hydrogen-bond donors (Lipinski definition) is 3. The van der Waals surface area contributed by atoms with E-state index in [1.165, 1.54) is 0 Å². The van der Waals surface area contributed by atoms with E-state index >= 15 is 0 Å². The fraction of sp³-hybridized carbons (Fsp3) is 0.370. The van der Waals surface area contributed by atoms with Gasteiger partial charge in [-0.3, -0.25) is 4.79 Å². The predicted molar refractivity (Wildman–Crippen MR) is 135 cm³/mol. The molecule has 35 heavy (non-hydrogen) atoms. The highest BCUT2D eigenvalue weighted by atomic mass is 16.6. The molecule has 1 aromatic heterocycles. The Morgan fingerprint density at radius 1 is 1.11 bits per heavy atom. The highest BCUT2D eigenvalue weighted by Gasteiger charge is 2.23. The molecule has 0 saturated heterocycles. The fourth-order valence-electron chi connectivity index (χ4n) is 3.87. The van der Waals surface area contributed by atoms with Gasteiger partial charge in [0.25, 0.3) is 0 Å². The highest BCUT2D eigenvalue weighted by Crippen LogP contribution is 2.36. The second-order valence-corrected chi connectivity index (χ2v) is 9.31. The van der Waals surface area contributed by atoms with Crippen LogP contribution in [0.1, 0.15) is 64.0 Å². The average molecular weight is 481 g/mol. The van der Waals surface area contributed by atoms with E-state index in [-0.39, 0.29) is 23.6 Å². The van der Waals surface area contributed by atoms with E-state index in [0.29, 0.717) is 36.0 Å². The summed E-state index contributed by atoms with van der Waals surface area (Å²) in [6, 6.07) is 14.0. The summed E-state index contributed by atoms with van der Waals surface area (Å²) in [6.45, 7) is 7.58. The fourth-order valence-corrected chi connectivity index (χ4v) is 3.87. The van der Waals surface area contributed by atoms with Crippen LogP contribution in [0.25, 0.3) is 11.0 Å². The van der Waals surface area contributed by atoms with Crippen molar-refractivity contribution in [3.8, 4) is 5.75 Å². The van der Waals surface area contributed by atoms with Crippen molar-refractivity contribution < 1.29 is 23.8 Å². The topological polar surface area (TPSA) is 118 Å². The first-order chi connectivity index (χ1) is 16.6. The van der Waals surface area contributed by atoms with Gasteiger partial charge in [0.05, 0.1) is 10.9 Å². The van der Waals surface area contributed by atoms with Crippen LogP contribution in [0.4, 0.5) is 10.5 Å². The number of benzene rings is 2. The van der Waals surface area contributed by atoms with Crippen molar-refractivity contribution in [1.82, 2.24) is 5.32 Å². The van der Waals surface area contributed by atoms with Crippen LogP contribution in [0.3, 0.4) is 0 Å². The number of para-hydroxylation sites is 1. The van der Waals surface area contributed by atoms with Crippen LogP contribution < -0.4 is 16.3 Å². The molecule has 1 unspecified atom stereocenters. The Bertz CT molecular complexity index is 1260. The maximum atomic E-state index is 12.7. The molecule has 186 valence electrons. The molecule has 2 amide bonds. The highest BCUT2D eigenvalue weighted by molar-refractivity contribution is 5.91. The molecule has 2 aromatic carbocycles. The van der Waals surface area contributed by atoms with Gasteiger partial charge in [0, 0.05) is 24.6 Å². The Hall–Kier alpha value is -3.81. The molecule has 0 bridgehead atoms. The summed E-state index contributed by atoms with van der Waals surface area (Å²) in [5.41, 5.74) is 0.720. The maximum Gasteiger partial charge on any atom is 0.407 e. The molecule has 0 aliphatic rings. The minimum Gasteiger partial charge on any atom is -0.507 e. The van der Waals surface area contributed by atoms with E-state index in [0.717, 1.165) is 5.56 Å². The second kappa shape index (κ2) is 11.1. The Kier molecular flexibility index (Phi) is 8.17. The van der Waals surface area contributed by atoms with E-state index in [9.17, 15) is 19.5 Å². The Morgan fingerprint density at radius 2 is 1.86 bits per heavy atom. The minimum absolute atomic E-state index is 0.0874. The number of aromatic hydroxyl groups is 1. The molecule has 3 aromatic rings. The minimum atomic E-state index is -0.583. The third-order valence-corrected chi connectivity index (χ3v) is 5.40. The summed E-state index contributed by atoms with van der Waals surface area (Å²) in [4.78, 5) is 36.8. The molecule has 0 spiro atoms. The monoisotopic (exact) mass is 480 g/mol. The lowest BCUT2D eigenvalue weighted by Gasteiger charge is -2.19. The van der Waals surface area contributed by atoms with Crippen LogP contribution in [-0.4, -0.2) is 29.3 Å². The molecule has 0 fully saturated rings. The number of anilines is 1. The molecular formula is C27H32N2O6. The van der Waals surface area contributed by atoms with Gasteiger partial charge in [0.1, 0.15) is 16.9 Å². The lowest BCUT2D eigenvalue weighted by Crippen LogP contribution is -2.33. The molecule has 0 aliphatic heterocycles. The van der Waals surface area contributed by atoms with Gasteiger partial charge in [-0.05, 0) is 63.4 Å². The number of rotatable bonds is 8. The quantitative estimate of drug-likeness (QED) is 0.298. The van der Waals surface area contributed by atoms with Crippen molar-refractivity contribution in [3.63, 3.8) is 0 Å². The van der Waals surface area contributed by atoms with Gasteiger partial charge in [-0.25, -0.2) is 9.59 Å². The molecule has 0 aliphatic carbocycles. The summed E-state index contributed by atoms with van der Waals surface area (Å²) in [7, 11) is 0.